The quantitative estimate of drug-likeness (QED) is 0.546. The maximum Gasteiger partial charge on any atom is 0.335 e. The summed E-state index contributed by atoms with van der Waals surface area (Å²) < 4.78 is 27.8. The van der Waals surface area contributed by atoms with Crippen LogP contribution in [0.4, 0.5) is 11.4 Å². The van der Waals surface area contributed by atoms with E-state index >= 15 is 0 Å². The van der Waals surface area contributed by atoms with Gasteiger partial charge in [0.25, 0.3) is 11.8 Å². The van der Waals surface area contributed by atoms with Crippen molar-refractivity contribution in [3.8, 4) is 0 Å². The summed E-state index contributed by atoms with van der Waals surface area (Å²) in [6.45, 7) is 1.45. The van der Waals surface area contributed by atoms with Crippen LogP contribution < -0.4 is 9.80 Å². The summed E-state index contributed by atoms with van der Waals surface area (Å²) in [5.74, 6) is -1.87. The number of imide groups is 1. The predicted molar refractivity (Wildman–Crippen MR) is 128 cm³/mol. The summed E-state index contributed by atoms with van der Waals surface area (Å²) in [6.07, 6.45) is 0. The van der Waals surface area contributed by atoms with E-state index in [-0.39, 0.29) is 23.5 Å². The van der Waals surface area contributed by atoms with Gasteiger partial charge in [0, 0.05) is 31.9 Å². The van der Waals surface area contributed by atoms with E-state index in [0.717, 1.165) is 10.6 Å². The molecule has 1 saturated heterocycles. The van der Waals surface area contributed by atoms with Crippen molar-refractivity contribution >= 4 is 39.2 Å². The maximum atomic E-state index is 13.2. The molecule has 1 N–H and O–H groups in total. The van der Waals surface area contributed by atoms with Crippen LogP contribution in [0.5, 0.6) is 0 Å². The first-order chi connectivity index (χ1) is 16.8. The van der Waals surface area contributed by atoms with E-state index < -0.39 is 27.8 Å². The Morgan fingerprint density at radius 1 is 0.714 bits per heavy atom. The minimum absolute atomic E-state index is 0.0807. The van der Waals surface area contributed by atoms with Crippen molar-refractivity contribution < 1.29 is 27.9 Å². The van der Waals surface area contributed by atoms with Gasteiger partial charge in [-0.15, -0.1) is 0 Å². The van der Waals surface area contributed by atoms with Gasteiger partial charge in [0.1, 0.15) is 0 Å². The molecule has 0 radical (unpaired) electrons. The number of piperazine rings is 1. The van der Waals surface area contributed by atoms with Crippen molar-refractivity contribution in [2.24, 2.45) is 0 Å². The monoisotopic (exact) mass is 491 g/mol. The summed E-state index contributed by atoms with van der Waals surface area (Å²) in [6, 6.07) is 18.8. The second-order valence-corrected chi connectivity index (χ2v) is 10.2. The average molecular weight is 492 g/mol. The number of carbonyl (C=O) groups is 3. The molecule has 9 nitrogen and oxygen atoms in total. The van der Waals surface area contributed by atoms with Crippen LogP contribution in [-0.2, 0) is 10.0 Å². The SMILES string of the molecule is O=C(O)c1ccc(N2CCN(S(=O)(=O)c3ccc(N4C(=O)c5ccccc5C4=O)cc3)CC2)cc1. The number of sulfonamides is 1. The minimum Gasteiger partial charge on any atom is -0.478 e. The number of aromatic carboxylic acids is 1. The van der Waals surface area contributed by atoms with Crippen LogP contribution in [0.3, 0.4) is 0 Å². The summed E-state index contributed by atoms with van der Waals surface area (Å²) in [5.41, 5.74) is 1.98. The van der Waals surface area contributed by atoms with E-state index in [2.05, 4.69) is 0 Å². The second-order valence-electron chi connectivity index (χ2n) is 8.23. The lowest BCUT2D eigenvalue weighted by atomic mass is 10.1. The molecule has 0 aromatic heterocycles. The molecule has 2 amide bonds. The third-order valence-corrected chi connectivity index (χ3v) is 8.16. The van der Waals surface area contributed by atoms with Crippen LogP contribution >= 0.6 is 0 Å². The van der Waals surface area contributed by atoms with Crippen molar-refractivity contribution in [3.63, 3.8) is 0 Å². The molecular formula is C25H21N3O6S. The van der Waals surface area contributed by atoms with Gasteiger partial charge in [-0.1, -0.05) is 12.1 Å². The number of carboxylic acid groups (broad SMARTS) is 1. The third kappa shape index (κ3) is 3.96. The number of carboxylic acids is 1. The van der Waals surface area contributed by atoms with E-state index in [1.165, 1.54) is 40.7 Å². The predicted octanol–water partition coefficient (Wildman–Crippen LogP) is 2.70. The highest BCUT2D eigenvalue weighted by atomic mass is 32.2. The van der Waals surface area contributed by atoms with Gasteiger partial charge in [-0.2, -0.15) is 4.31 Å². The first kappa shape index (κ1) is 22.8. The highest BCUT2D eigenvalue weighted by Crippen LogP contribution is 2.30. The standard InChI is InChI=1S/C25H21N3O6S/c29-23-21-3-1-2-4-22(21)24(30)28(23)19-9-11-20(12-10-19)35(33,34)27-15-13-26(14-16-27)18-7-5-17(6-8-18)25(31)32/h1-12H,13-16H2,(H,31,32). The first-order valence-electron chi connectivity index (χ1n) is 10.9. The van der Waals surface area contributed by atoms with Crippen LogP contribution in [0.25, 0.3) is 0 Å². The molecule has 2 aliphatic rings. The van der Waals surface area contributed by atoms with Gasteiger partial charge in [-0.25, -0.2) is 18.1 Å². The van der Waals surface area contributed by atoms with Crippen molar-refractivity contribution in [2.45, 2.75) is 4.90 Å². The number of carbonyl (C=O) groups excluding carboxylic acids is 2. The van der Waals surface area contributed by atoms with Crippen molar-refractivity contribution in [3.05, 3.63) is 89.5 Å². The third-order valence-electron chi connectivity index (χ3n) is 6.24. The van der Waals surface area contributed by atoms with Crippen molar-refractivity contribution in [2.75, 3.05) is 36.0 Å². The molecule has 0 bridgehead atoms. The van der Waals surface area contributed by atoms with E-state index in [1.54, 1.807) is 36.4 Å². The molecule has 0 spiro atoms. The van der Waals surface area contributed by atoms with Crippen LogP contribution in [0.15, 0.2) is 77.7 Å². The molecule has 35 heavy (non-hydrogen) atoms. The highest BCUT2D eigenvalue weighted by Gasteiger charge is 2.36. The summed E-state index contributed by atoms with van der Waals surface area (Å²) in [4.78, 5) is 39.5. The lowest BCUT2D eigenvalue weighted by Crippen LogP contribution is -2.48. The normalized spacial score (nSPS) is 16.5. The number of benzene rings is 3. The molecule has 0 atom stereocenters. The number of rotatable bonds is 5. The van der Waals surface area contributed by atoms with Gasteiger partial charge in [0.15, 0.2) is 0 Å². The van der Waals surface area contributed by atoms with Gasteiger partial charge in [0.05, 0.1) is 27.3 Å². The largest absolute Gasteiger partial charge is 0.478 e. The molecule has 10 heteroatoms. The van der Waals surface area contributed by atoms with Gasteiger partial charge in [-0.05, 0) is 60.7 Å². The van der Waals surface area contributed by atoms with E-state index in [4.69, 9.17) is 5.11 Å². The van der Waals surface area contributed by atoms with E-state index in [9.17, 15) is 22.8 Å². The number of fused-ring (bicyclic) bond motifs is 1. The lowest BCUT2D eigenvalue weighted by Gasteiger charge is -2.35. The molecule has 0 saturated carbocycles. The Morgan fingerprint density at radius 2 is 1.23 bits per heavy atom. The Kier molecular flexibility index (Phi) is 5.62. The fraction of sp³-hybridized carbons (Fsp3) is 0.160. The molecule has 2 heterocycles. The first-order valence-corrected chi connectivity index (χ1v) is 12.4. The fourth-order valence-corrected chi connectivity index (χ4v) is 5.76. The zero-order valence-electron chi connectivity index (χ0n) is 18.5. The molecule has 5 rings (SSSR count). The number of hydrogen-bond acceptors (Lipinski definition) is 6. The fourth-order valence-electron chi connectivity index (χ4n) is 4.34. The Labute approximate surface area is 201 Å². The van der Waals surface area contributed by atoms with Crippen LogP contribution in [-0.4, -0.2) is 61.8 Å². The molecule has 178 valence electrons. The summed E-state index contributed by atoms with van der Waals surface area (Å²) in [7, 11) is -3.77. The van der Waals surface area contributed by atoms with Gasteiger partial charge < -0.3 is 10.0 Å². The molecular weight excluding hydrogens is 470 g/mol. The Morgan fingerprint density at radius 3 is 1.74 bits per heavy atom. The highest BCUT2D eigenvalue weighted by molar-refractivity contribution is 7.89. The Bertz CT molecular complexity index is 1390. The van der Waals surface area contributed by atoms with Crippen molar-refractivity contribution in [1.29, 1.82) is 0 Å². The topological polar surface area (TPSA) is 115 Å². The number of hydrogen-bond donors (Lipinski definition) is 1. The van der Waals surface area contributed by atoms with Crippen molar-refractivity contribution in [1.82, 2.24) is 4.31 Å². The van der Waals surface area contributed by atoms with Gasteiger partial charge >= 0.3 is 5.97 Å². The average Bonchev–Trinajstić information content (AvgIpc) is 3.14. The Balaban J connectivity index is 1.28. The van der Waals surface area contributed by atoms with Crippen LogP contribution in [0.1, 0.15) is 31.1 Å². The molecule has 1 fully saturated rings. The second kappa shape index (κ2) is 8.64. The van der Waals surface area contributed by atoms with Crippen LogP contribution in [0.2, 0.25) is 0 Å². The smallest absolute Gasteiger partial charge is 0.335 e. The summed E-state index contributed by atoms with van der Waals surface area (Å²) in [5, 5.41) is 9.04. The van der Waals surface area contributed by atoms with E-state index in [0.29, 0.717) is 29.9 Å². The number of amides is 2. The van der Waals surface area contributed by atoms with E-state index in [1.807, 2.05) is 4.90 Å². The Hall–Kier alpha value is -4.02. The molecule has 3 aromatic rings. The molecule has 0 unspecified atom stereocenters. The van der Waals surface area contributed by atoms with Gasteiger partial charge in [0.2, 0.25) is 10.0 Å². The minimum atomic E-state index is -3.77. The number of anilines is 2. The molecule has 3 aromatic carbocycles. The summed E-state index contributed by atoms with van der Waals surface area (Å²) >= 11 is 0. The van der Waals surface area contributed by atoms with Gasteiger partial charge in [-0.3, -0.25) is 9.59 Å². The van der Waals surface area contributed by atoms with Crippen LogP contribution in [0, 0.1) is 0 Å². The zero-order valence-corrected chi connectivity index (χ0v) is 19.3. The number of nitrogens with zero attached hydrogens (tertiary/aromatic N) is 3. The molecule has 2 aliphatic heterocycles. The lowest BCUT2D eigenvalue weighted by molar-refractivity contribution is 0.0696. The zero-order chi connectivity index (χ0) is 24.7. The molecule has 0 aliphatic carbocycles. The maximum absolute atomic E-state index is 13.2.